The maximum Gasteiger partial charge on any atom is 0.235 e. The molecule has 0 aliphatic carbocycles. The summed E-state index contributed by atoms with van der Waals surface area (Å²) < 4.78 is 17.1. The zero-order valence-electron chi connectivity index (χ0n) is 17.7. The van der Waals surface area contributed by atoms with Crippen molar-refractivity contribution in [2.75, 3.05) is 20.2 Å². The number of hydrogen-bond acceptors (Lipinski definition) is 5. The van der Waals surface area contributed by atoms with E-state index in [0.717, 1.165) is 13.1 Å². The summed E-state index contributed by atoms with van der Waals surface area (Å²) in [5.74, 6) is 2.60. The van der Waals surface area contributed by atoms with E-state index in [0.29, 0.717) is 46.3 Å². The molecule has 2 atom stereocenters. The smallest absolute Gasteiger partial charge is 0.235 e. The minimum atomic E-state index is -0.243. The summed E-state index contributed by atoms with van der Waals surface area (Å²) in [5, 5.41) is 10.9. The van der Waals surface area contributed by atoms with Crippen molar-refractivity contribution in [3.63, 3.8) is 0 Å². The Balaban J connectivity index is 1.71. The highest BCUT2D eigenvalue weighted by Gasteiger charge is 2.24. The fourth-order valence-electron chi connectivity index (χ4n) is 4.25. The molecule has 0 bridgehead atoms. The molecule has 0 amide bonds. The average Bonchev–Trinajstić information content (AvgIpc) is 2.74. The largest absolute Gasteiger partial charge is 0.507 e. The molecule has 2 aromatic carbocycles. The lowest BCUT2D eigenvalue weighted by Crippen LogP contribution is -3.12. The number of hydrogen-bond donors (Lipinski definition) is 2. The fourth-order valence-corrected chi connectivity index (χ4v) is 4.25. The molecule has 2 N–H and O–H groups in total. The number of quaternary nitrogens is 1. The third-order valence-electron chi connectivity index (χ3n) is 5.83. The SMILES string of the molecule is COc1ccc(Oc2c(C)oc3c(C[NH+]4CCC[C@@H](C)C4)c(O)ccc3c2=O)cc1. The Morgan fingerprint density at radius 1 is 1.17 bits per heavy atom. The summed E-state index contributed by atoms with van der Waals surface area (Å²) in [6.45, 7) is 6.72. The Hall–Kier alpha value is -2.99. The van der Waals surface area contributed by atoms with Crippen molar-refractivity contribution in [1.29, 1.82) is 0 Å². The van der Waals surface area contributed by atoms with E-state index in [2.05, 4.69) is 6.92 Å². The summed E-state index contributed by atoms with van der Waals surface area (Å²) in [5.41, 5.74) is 0.894. The zero-order chi connectivity index (χ0) is 21.3. The third kappa shape index (κ3) is 4.00. The second-order valence-corrected chi connectivity index (χ2v) is 8.16. The van der Waals surface area contributed by atoms with Gasteiger partial charge in [-0.05, 0) is 56.2 Å². The fraction of sp³-hybridized carbons (Fsp3) is 0.375. The number of likely N-dealkylation sites (tertiary alicyclic amines) is 1. The van der Waals surface area contributed by atoms with Crippen LogP contribution in [-0.4, -0.2) is 25.3 Å². The van der Waals surface area contributed by atoms with Gasteiger partial charge in [-0.15, -0.1) is 0 Å². The van der Waals surface area contributed by atoms with Gasteiger partial charge in [0.1, 0.15) is 29.6 Å². The number of benzene rings is 2. The Morgan fingerprint density at radius 3 is 2.60 bits per heavy atom. The Bertz CT molecular complexity index is 1100. The first kappa shape index (κ1) is 20.3. The van der Waals surface area contributed by atoms with Crippen LogP contribution >= 0.6 is 0 Å². The number of phenolic OH excluding ortho intramolecular Hbond substituents is 1. The number of rotatable bonds is 5. The van der Waals surface area contributed by atoms with Gasteiger partial charge >= 0.3 is 0 Å². The summed E-state index contributed by atoms with van der Waals surface area (Å²) in [7, 11) is 1.59. The number of piperidine rings is 1. The number of fused-ring (bicyclic) bond motifs is 1. The summed E-state index contributed by atoms with van der Waals surface area (Å²) in [6, 6.07) is 10.2. The van der Waals surface area contributed by atoms with E-state index in [1.807, 2.05) is 0 Å². The van der Waals surface area contributed by atoms with Crippen LogP contribution in [0.4, 0.5) is 0 Å². The van der Waals surface area contributed by atoms with Crippen molar-refractivity contribution in [2.24, 2.45) is 5.92 Å². The number of phenols is 1. The Labute approximate surface area is 175 Å². The van der Waals surface area contributed by atoms with Crippen LogP contribution in [0.5, 0.6) is 23.0 Å². The van der Waals surface area contributed by atoms with Crippen LogP contribution in [-0.2, 0) is 6.54 Å². The molecule has 4 rings (SSSR count). The predicted octanol–water partition coefficient (Wildman–Crippen LogP) is 3.42. The van der Waals surface area contributed by atoms with Crippen molar-refractivity contribution in [3.05, 3.63) is 57.9 Å². The summed E-state index contributed by atoms with van der Waals surface area (Å²) >= 11 is 0. The van der Waals surface area contributed by atoms with E-state index >= 15 is 0 Å². The number of ether oxygens (including phenoxy) is 2. The first-order valence-corrected chi connectivity index (χ1v) is 10.4. The molecular formula is C24H28NO5+. The lowest BCUT2D eigenvalue weighted by molar-refractivity contribution is -0.922. The molecule has 1 aliphatic rings. The minimum absolute atomic E-state index is 0.156. The molecule has 1 saturated heterocycles. The van der Waals surface area contributed by atoms with Crippen molar-refractivity contribution < 1.29 is 23.9 Å². The molecule has 1 unspecified atom stereocenters. The number of aryl methyl sites for hydroxylation is 1. The van der Waals surface area contributed by atoms with Crippen LogP contribution in [0.3, 0.4) is 0 Å². The molecule has 30 heavy (non-hydrogen) atoms. The van der Waals surface area contributed by atoms with Crippen LogP contribution in [0.25, 0.3) is 11.0 Å². The van der Waals surface area contributed by atoms with Gasteiger partial charge in [0.05, 0.1) is 31.1 Å². The highest BCUT2D eigenvalue weighted by atomic mass is 16.5. The molecule has 0 radical (unpaired) electrons. The van der Waals surface area contributed by atoms with Crippen molar-refractivity contribution >= 4 is 11.0 Å². The van der Waals surface area contributed by atoms with E-state index in [1.54, 1.807) is 50.4 Å². The lowest BCUT2D eigenvalue weighted by atomic mass is 9.99. The van der Waals surface area contributed by atoms with Crippen LogP contribution < -0.4 is 19.8 Å². The van der Waals surface area contributed by atoms with E-state index in [4.69, 9.17) is 13.9 Å². The first-order chi connectivity index (χ1) is 14.5. The number of methoxy groups -OCH3 is 1. The molecule has 1 aliphatic heterocycles. The van der Waals surface area contributed by atoms with Gasteiger partial charge < -0.3 is 23.9 Å². The maximum absolute atomic E-state index is 13.2. The van der Waals surface area contributed by atoms with Gasteiger partial charge in [-0.25, -0.2) is 0 Å². The van der Waals surface area contributed by atoms with Gasteiger partial charge in [-0.3, -0.25) is 4.79 Å². The number of nitrogens with one attached hydrogen (secondary N) is 1. The zero-order valence-corrected chi connectivity index (χ0v) is 17.7. The molecule has 1 aromatic heterocycles. The Morgan fingerprint density at radius 2 is 1.90 bits per heavy atom. The Kier molecular flexibility index (Phi) is 5.68. The molecule has 0 spiro atoms. The van der Waals surface area contributed by atoms with Crippen LogP contribution in [0.1, 0.15) is 31.1 Å². The maximum atomic E-state index is 13.2. The van der Waals surface area contributed by atoms with Gasteiger partial charge in [0.15, 0.2) is 5.58 Å². The average molecular weight is 410 g/mol. The number of aromatic hydroxyl groups is 1. The standard InChI is InChI=1S/C24H27NO5/c1-15-5-4-12-25(13-15)14-20-21(26)11-10-19-22(27)23(16(2)29-24(19)20)30-18-8-6-17(28-3)7-9-18/h6-11,15,26H,4-5,12-14H2,1-3H3/p+1/t15-/m1/s1. The molecule has 0 saturated carbocycles. The van der Waals surface area contributed by atoms with Crippen molar-refractivity contribution in [1.82, 2.24) is 0 Å². The quantitative estimate of drug-likeness (QED) is 0.674. The first-order valence-electron chi connectivity index (χ1n) is 10.4. The molecule has 2 heterocycles. The van der Waals surface area contributed by atoms with Crippen LogP contribution in [0.2, 0.25) is 0 Å². The second kappa shape index (κ2) is 8.40. The molecule has 6 nitrogen and oxygen atoms in total. The van der Waals surface area contributed by atoms with Gasteiger partial charge in [-0.2, -0.15) is 0 Å². The predicted molar refractivity (Wildman–Crippen MR) is 115 cm³/mol. The highest BCUT2D eigenvalue weighted by Crippen LogP contribution is 2.31. The molecule has 6 heteroatoms. The van der Waals surface area contributed by atoms with Gasteiger partial charge in [0.2, 0.25) is 11.2 Å². The van der Waals surface area contributed by atoms with E-state index in [1.165, 1.54) is 17.7 Å². The minimum Gasteiger partial charge on any atom is -0.507 e. The molecule has 158 valence electrons. The normalized spacial score (nSPS) is 19.0. The summed E-state index contributed by atoms with van der Waals surface area (Å²) in [6.07, 6.45) is 2.41. The summed E-state index contributed by atoms with van der Waals surface area (Å²) in [4.78, 5) is 14.6. The topological polar surface area (TPSA) is 73.3 Å². The monoisotopic (exact) mass is 410 g/mol. The van der Waals surface area contributed by atoms with Gasteiger partial charge in [0, 0.05) is 5.92 Å². The highest BCUT2D eigenvalue weighted by molar-refractivity contribution is 5.83. The van der Waals surface area contributed by atoms with E-state index < -0.39 is 0 Å². The van der Waals surface area contributed by atoms with E-state index in [9.17, 15) is 9.90 Å². The van der Waals surface area contributed by atoms with Crippen molar-refractivity contribution in [2.45, 2.75) is 33.2 Å². The van der Waals surface area contributed by atoms with Gasteiger partial charge in [-0.1, -0.05) is 6.92 Å². The lowest BCUT2D eigenvalue weighted by Gasteiger charge is -2.28. The molecule has 3 aromatic rings. The van der Waals surface area contributed by atoms with Gasteiger partial charge in [0.25, 0.3) is 0 Å². The second-order valence-electron chi connectivity index (χ2n) is 8.16. The van der Waals surface area contributed by atoms with Crippen molar-refractivity contribution in [3.8, 4) is 23.0 Å². The van der Waals surface area contributed by atoms with Crippen LogP contribution in [0, 0.1) is 12.8 Å². The van der Waals surface area contributed by atoms with Crippen LogP contribution in [0.15, 0.2) is 45.6 Å². The molecule has 1 fully saturated rings. The van der Waals surface area contributed by atoms with E-state index in [-0.39, 0.29) is 16.9 Å². The molecular weight excluding hydrogens is 382 g/mol. The third-order valence-corrected chi connectivity index (χ3v) is 5.83.